The summed E-state index contributed by atoms with van der Waals surface area (Å²) in [6.45, 7) is 5.40. The Hall–Kier alpha value is -3.81. The Morgan fingerprint density at radius 3 is 2.29 bits per heavy atom. The van der Waals surface area contributed by atoms with E-state index in [2.05, 4.69) is 23.7 Å². The van der Waals surface area contributed by atoms with Crippen LogP contribution in [0.3, 0.4) is 0 Å². The molecule has 0 aliphatic carbocycles. The first-order valence-electron chi connectivity index (χ1n) is 15.6. The van der Waals surface area contributed by atoms with Gasteiger partial charge in [-0.1, -0.05) is 87.0 Å². The van der Waals surface area contributed by atoms with Gasteiger partial charge in [0.2, 0.25) is 5.91 Å². The van der Waals surface area contributed by atoms with E-state index < -0.39 is 5.97 Å². The lowest BCUT2D eigenvalue weighted by Gasteiger charge is -2.20. The van der Waals surface area contributed by atoms with Gasteiger partial charge in [-0.2, -0.15) is 0 Å². The number of aromatic carboxylic acids is 1. The normalized spacial score (nSPS) is 11.7. The number of aromatic nitrogens is 2. The fourth-order valence-electron chi connectivity index (χ4n) is 5.10. The van der Waals surface area contributed by atoms with Crippen LogP contribution >= 0.6 is 23.2 Å². The Morgan fingerprint density at radius 1 is 0.911 bits per heavy atom. The molecule has 3 aromatic carbocycles. The van der Waals surface area contributed by atoms with Crippen molar-refractivity contribution in [1.29, 1.82) is 0 Å². The molecule has 0 aliphatic heterocycles. The Kier molecular flexibility index (Phi) is 12.9. The zero-order chi connectivity index (χ0) is 32.2. The van der Waals surface area contributed by atoms with Crippen LogP contribution in [0.1, 0.15) is 92.1 Å². The second-order valence-corrected chi connectivity index (χ2v) is 12.1. The SMILES string of the molecule is CCCCCCC(=O)N[C@@H](Cc1ccc(OCc2ccc(C(=O)O)cc2)cc1)c1nc(-c2ccc(Cl)cc2Cl)cn1CCCC. The molecular weight excluding hydrogens is 609 g/mol. The van der Waals surface area contributed by atoms with Crippen LogP contribution in [0.25, 0.3) is 11.3 Å². The largest absolute Gasteiger partial charge is 0.489 e. The number of ether oxygens (including phenoxy) is 1. The van der Waals surface area contributed by atoms with Crippen LogP contribution in [0.5, 0.6) is 5.75 Å². The molecule has 0 saturated carbocycles. The minimum Gasteiger partial charge on any atom is -0.489 e. The highest BCUT2D eigenvalue weighted by molar-refractivity contribution is 6.36. The lowest BCUT2D eigenvalue weighted by Crippen LogP contribution is -2.32. The maximum atomic E-state index is 13.2. The number of carbonyl (C=O) groups excluding carboxylic acids is 1. The number of carbonyl (C=O) groups is 2. The van der Waals surface area contributed by atoms with E-state index in [1.54, 1.807) is 36.4 Å². The van der Waals surface area contributed by atoms with E-state index in [0.29, 0.717) is 35.2 Å². The molecule has 0 saturated heterocycles. The summed E-state index contributed by atoms with van der Waals surface area (Å²) in [6.07, 6.45) is 9.15. The molecule has 0 fully saturated rings. The summed E-state index contributed by atoms with van der Waals surface area (Å²) in [7, 11) is 0. The second-order valence-electron chi connectivity index (χ2n) is 11.2. The first-order valence-corrected chi connectivity index (χ1v) is 16.4. The van der Waals surface area contributed by atoms with Crippen LogP contribution in [-0.4, -0.2) is 26.5 Å². The number of benzene rings is 3. The van der Waals surface area contributed by atoms with Crippen molar-refractivity contribution in [3.8, 4) is 17.0 Å². The minimum atomic E-state index is -0.957. The first kappa shape index (κ1) is 34.1. The van der Waals surface area contributed by atoms with Gasteiger partial charge in [-0.05, 0) is 72.9 Å². The van der Waals surface area contributed by atoms with Crippen LogP contribution in [-0.2, 0) is 24.4 Å². The highest BCUT2D eigenvalue weighted by atomic mass is 35.5. The van der Waals surface area contributed by atoms with E-state index in [1.807, 2.05) is 36.5 Å². The standard InChI is InChI=1S/C36H41Cl2N3O4/c1-3-5-7-8-9-34(42)39-32(35-40-33(23-41(35)20-6-4-2)30-19-16-28(37)22-31(30)38)21-25-12-17-29(18-13-25)45-24-26-10-14-27(15-11-26)36(43)44/h10-19,22-23,32H,3-9,20-21,24H2,1-2H3,(H,39,42)(H,43,44)/t32-/m0/s1. The first-order chi connectivity index (χ1) is 21.8. The Morgan fingerprint density at radius 2 is 1.62 bits per heavy atom. The average molecular weight is 651 g/mol. The second kappa shape index (κ2) is 17.0. The van der Waals surface area contributed by atoms with Gasteiger partial charge >= 0.3 is 5.97 Å². The van der Waals surface area contributed by atoms with Crippen molar-refractivity contribution < 1.29 is 19.4 Å². The van der Waals surface area contributed by atoms with Crippen molar-refractivity contribution in [2.75, 3.05) is 0 Å². The van der Waals surface area contributed by atoms with E-state index in [1.165, 1.54) is 0 Å². The third-order valence-electron chi connectivity index (χ3n) is 7.64. The molecule has 1 heterocycles. The average Bonchev–Trinajstić information content (AvgIpc) is 3.45. The van der Waals surface area contributed by atoms with Gasteiger partial charge in [-0.3, -0.25) is 4.79 Å². The molecule has 1 atom stereocenters. The van der Waals surface area contributed by atoms with Crippen molar-refractivity contribution in [2.45, 2.75) is 84.4 Å². The molecule has 0 radical (unpaired) electrons. The quantitative estimate of drug-likeness (QED) is 0.111. The lowest BCUT2D eigenvalue weighted by molar-refractivity contribution is -0.122. The zero-order valence-electron chi connectivity index (χ0n) is 25.9. The molecule has 1 aromatic heterocycles. The zero-order valence-corrected chi connectivity index (χ0v) is 27.4. The highest BCUT2D eigenvalue weighted by Crippen LogP contribution is 2.32. The van der Waals surface area contributed by atoms with Crippen LogP contribution in [0.15, 0.2) is 72.9 Å². The van der Waals surface area contributed by atoms with Crippen LogP contribution in [0.4, 0.5) is 0 Å². The van der Waals surface area contributed by atoms with Crippen molar-refractivity contribution in [3.63, 3.8) is 0 Å². The number of aryl methyl sites for hydroxylation is 1. The molecular formula is C36H41Cl2N3O4. The number of amides is 1. The fraction of sp³-hybridized carbons (Fsp3) is 0.361. The van der Waals surface area contributed by atoms with Gasteiger partial charge in [0.15, 0.2) is 0 Å². The summed E-state index contributed by atoms with van der Waals surface area (Å²) < 4.78 is 8.08. The fourth-order valence-corrected chi connectivity index (χ4v) is 5.60. The van der Waals surface area contributed by atoms with E-state index in [9.17, 15) is 9.59 Å². The van der Waals surface area contributed by atoms with Gasteiger partial charge in [-0.25, -0.2) is 9.78 Å². The van der Waals surface area contributed by atoms with Gasteiger partial charge < -0.3 is 19.7 Å². The Balaban J connectivity index is 1.55. The third-order valence-corrected chi connectivity index (χ3v) is 8.19. The third kappa shape index (κ3) is 10.1. The molecule has 45 heavy (non-hydrogen) atoms. The predicted molar refractivity (Wildman–Crippen MR) is 180 cm³/mol. The van der Waals surface area contributed by atoms with E-state index >= 15 is 0 Å². The lowest BCUT2D eigenvalue weighted by atomic mass is 10.0. The highest BCUT2D eigenvalue weighted by Gasteiger charge is 2.23. The molecule has 9 heteroatoms. The van der Waals surface area contributed by atoms with Crippen LogP contribution in [0, 0.1) is 0 Å². The number of hydrogen-bond donors (Lipinski definition) is 2. The maximum Gasteiger partial charge on any atom is 0.335 e. The number of carboxylic acids is 1. The number of unbranched alkanes of at least 4 members (excludes halogenated alkanes) is 4. The number of rotatable bonds is 17. The van der Waals surface area contributed by atoms with Crippen molar-refractivity contribution in [2.24, 2.45) is 0 Å². The molecule has 4 rings (SSSR count). The van der Waals surface area contributed by atoms with Gasteiger partial charge in [0.05, 0.1) is 22.3 Å². The van der Waals surface area contributed by atoms with Gasteiger partial charge in [0.25, 0.3) is 0 Å². The molecule has 0 aliphatic rings. The topological polar surface area (TPSA) is 93.4 Å². The van der Waals surface area contributed by atoms with Crippen LogP contribution in [0.2, 0.25) is 10.0 Å². The van der Waals surface area contributed by atoms with E-state index in [-0.39, 0.29) is 17.5 Å². The molecule has 2 N–H and O–H groups in total. The molecule has 1 amide bonds. The molecule has 0 bridgehead atoms. The van der Waals surface area contributed by atoms with E-state index in [0.717, 1.165) is 73.3 Å². The maximum absolute atomic E-state index is 13.2. The number of nitrogens with zero attached hydrogens (tertiary/aromatic N) is 2. The van der Waals surface area contributed by atoms with E-state index in [4.69, 9.17) is 38.0 Å². The van der Waals surface area contributed by atoms with Crippen molar-refractivity contribution >= 4 is 35.1 Å². The van der Waals surface area contributed by atoms with Crippen LogP contribution < -0.4 is 10.1 Å². The van der Waals surface area contributed by atoms with Gasteiger partial charge in [-0.15, -0.1) is 0 Å². The number of imidazole rings is 1. The molecule has 0 spiro atoms. The summed E-state index contributed by atoms with van der Waals surface area (Å²) >= 11 is 12.7. The predicted octanol–water partition coefficient (Wildman–Crippen LogP) is 9.30. The van der Waals surface area contributed by atoms with Crippen molar-refractivity contribution in [1.82, 2.24) is 14.9 Å². The van der Waals surface area contributed by atoms with Gasteiger partial charge in [0, 0.05) is 29.7 Å². The van der Waals surface area contributed by atoms with Crippen molar-refractivity contribution in [3.05, 3.63) is 105 Å². The summed E-state index contributed by atoms with van der Waals surface area (Å²) in [5.74, 6) is 0.543. The smallest absolute Gasteiger partial charge is 0.335 e. The molecule has 4 aromatic rings. The number of carboxylic acid groups (broad SMARTS) is 1. The number of halogens is 2. The monoisotopic (exact) mass is 649 g/mol. The number of hydrogen-bond acceptors (Lipinski definition) is 4. The summed E-state index contributed by atoms with van der Waals surface area (Å²) in [6, 6.07) is 19.5. The summed E-state index contributed by atoms with van der Waals surface area (Å²) in [5, 5.41) is 13.5. The van der Waals surface area contributed by atoms with Gasteiger partial charge in [0.1, 0.15) is 18.2 Å². The minimum absolute atomic E-state index is 0.0149. The summed E-state index contributed by atoms with van der Waals surface area (Å²) in [5.41, 5.74) is 3.68. The Bertz CT molecular complexity index is 1550. The number of nitrogens with one attached hydrogen (secondary N) is 1. The molecule has 7 nitrogen and oxygen atoms in total. The molecule has 238 valence electrons. The molecule has 0 unspecified atom stereocenters. The summed E-state index contributed by atoms with van der Waals surface area (Å²) in [4.78, 5) is 29.3. The Labute approximate surface area is 275 Å².